The molecule has 0 saturated carbocycles. The fraction of sp³-hybridized carbons (Fsp3) is 0.444. The van der Waals surface area contributed by atoms with E-state index in [4.69, 9.17) is 5.11 Å². The van der Waals surface area contributed by atoms with Crippen molar-refractivity contribution in [3.63, 3.8) is 0 Å². The Bertz CT molecular complexity index is 421. The summed E-state index contributed by atoms with van der Waals surface area (Å²) in [7, 11) is 1.48. The summed E-state index contributed by atoms with van der Waals surface area (Å²) in [6.45, 7) is 3.60. The Morgan fingerprint density at radius 3 is 2.57 bits per heavy atom. The molecule has 1 aromatic rings. The van der Waals surface area contributed by atoms with E-state index in [-0.39, 0.29) is 11.5 Å². The van der Waals surface area contributed by atoms with Crippen LogP contribution < -0.4 is 5.69 Å². The first-order valence-electron chi connectivity index (χ1n) is 4.24. The van der Waals surface area contributed by atoms with E-state index in [0.717, 1.165) is 4.57 Å². The Labute approximate surface area is 81.0 Å². The smallest absolute Gasteiger partial charge is 0.347 e. The van der Waals surface area contributed by atoms with Gasteiger partial charge in [-0.25, -0.2) is 9.59 Å². The normalized spacial score (nSPS) is 10.6. The topological polar surface area (TPSA) is 72.2 Å². The zero-order valence-corrected chi connectivity index (χ0v) is 8.31. The lowest BCUT2D eigenvalue weighted by Gasteiger charge is -2.08. The third-order valence-corrected chi connectivity index (χ3v) is 1.89. The molecule has 14 heavy (non-hydrogen) atoms. The first kappa shape index (κ1) is 10.4. The molecule has 0 saturated heterocycles. The van der Waals surface area contributed by atoms with E-state index in [1.807, 2.05) is 0 Å². The van der Waals surface area contributed by atoms with E-state index in [0.29, 0.717) is 5.69 Å². The molecule has 0 bridgehead atoms. The van der Waals surface area contributed by atoms with Crippen molar-refractivity contribution >= 4 is 5.97 Å². The van der Waals surface area contributed by atoms with Gasteiger partial charge < -0.3 is 9.67 Å². The average Bonchev–Trinajstić information content (AvgIpc) is 2.08. The largest absolute Gasteiger partial charge is 0.478 e. The third-order valence-electron chi connectivity index (χ3n) is 1.89. The third kappa shape index (κ3) is 1.81. The van der Waals surface area contributed by atoms with Crippen LogP contribution in [0.3, 0.4) is 0 Å². The molecule has 1 heterocycles. The molecular weight excluding hydrogens is 184 g/mol. The van der Waals surface area contributed by atoms with Gasteiger partial charge in [0.15, 0.2) is 0 Å². The monoisotopic (exact) mass is 196 g/mol. The van der Waals surface area contributed by atoms with Gasteiger partial charge in [0, 0.05) is 13.2 Å². The van der Waals surface area contributed by atoms with E-state index >= 15 is 0 Å². The van der Waals surface area contributed by atoms with E-state index in [9.17, 15) is 9.59 Å². The molecule has 0 atom stereocenters. The second kappa shape index (κ2) is 3.61. The van der Waals surface area contributed by atoms with Crippen LogP contribution in [0.5, 0.6) is 0 Å². The molecule has 5 nitrogen and oxygen atoms in total. The number of rotatable bonds is 2. The summed E-state index contributed by atoms with van der Waals surface area (Å²) in [6, 6.07) is 0. The number of nitrogens with zero attached hydrogens (tertiary/aromatic N) is 2. The number of carboxylic acids is 1. The first-order chi connectivity index (χ1) is 6.43. The molecule has 0 spiro atoms. The molecule has 1 N–H and O–H groups in total. The van der Waals surface area contributed by atoms with Gasteiger partial charge in [-0.05, 0) is 5.92 Å². The number of aryl methyl sites for hydroxylation is 1. The van der Waals surface area contributed by atoms with Crippen molar-refractivity contribution in [3.05, 3.63) is 27.9 Å². The Hall–Kier alpha value is -1.65. The van der Waals surface area contributed by atoms with Crippen molar-refractivity contribution in [2.24, 2.45) is 7.05 Å². The van der Waals surface area contributed by atoms with Crippen LogP contribution in [-0.4, -0.2) is 20.6 Å². The first-order valence-corrected chi connectivity index (χ1v) is 4.24. The van der Waals surface area contributed by atoms with Gasteiger partial charge in [-0.1, -0.05) is 13.8 Å². The van der Waals surface area contributed by atoms with Gasteiger partial charge in [-0.15, -0.1) is 0 Å². The van der Waals surface area contributed by atoms with Crippen molar-refractivity contribution < 1.29 is 9.90 Å². The van der Waals surface area contributed by atoms with Crippen LogP contribution in [0.1, 0.15) is 35.8 Å². The molecule has 1 rings (SSSR count). The Morgan fingerprint density at radius 2 is 2.14 bits per heavy atom. The molecule has 76 valence electrons. The number of hydrogen-bond acceptors (Lipinski definition) is 3. The van der Waals surface area contributed by atoms with Gasteiger partial charge >= 0.3 is 11.7 Å². The maximum Gasteiger partial charge on any atom is 0.347 e. The summed E-state index contributed by atoms with van der Waals surface area (Å²) < 4.78 is 1.16. The van der Waals surface area contributed by atoms with Crippen molar-refractivity contribution in [1.82, 2.24) is 9.55 Å². The lowest BCUT2D eigenvalue weighted by atomic mass is 10.1. The fourth-order valence-electron chi connectivity index (χ4n) is 1.16. The minimum Gasteiger partial charge on any atom is -0.478 e. The Balaban J connectivity index is 3.47. The molecule has 1 aromatic heterocycles. The van der Waals surface area contributed by atoms with Crippen LogP contribution >= 0.6 is 0 Å². The Kier molecular flexibility index (Phi) is 2.69. The van der Waals surface area contributed by atoms with Crippen molar-refractivity contribution in [1.29, 1.82) is 0 Å². The van der Waals surface area contributed by atoms with Crippen LogP contribution in [0.4, 0.5) is 0 Å². The van der Waals surface area contributed by atoms with Crippen LogP contribution in [0.25, 0.3) is 0 Å². The quantitative estimate of drug-likeness (QED) is 0.751. The lowest BCUT2D eigenvalue weighted by molar-refractivity contribution is 0.0693. The lowest BCUT2D eigenvalue weighted by Crippen LogP contribution is -2.24. The number of hydrogen-bond donors (Lipinski definition) is 1. The highest BCUT2D eigenvalue weighted by molar-refractivity contribution is 5.88. The summed E-state index contributed by atoms with van der Waals surface area (Å²) in [5.74, 6) is -1.13. The number of carboxylic acid groups (broad SMARTS) is 1. The predicted molar refractivity (Wildman–Crippen MR) is 50.5 cm³/mol. The minimum atomic E-state index is -1.06. The molecule has 5 heteroatoms. The molecular formula is C9H12N2O3. The highest BCUT2D eigenvalue weighted by Gasteiger charge is 2.15. The molecule has 0 radical (unpaired) electrons. The van der Waals surface area contributed by atoms with Crippen LogP contribution in [-0.2, 0) is 7.05 Å². The van der Waals surface area contributed by atoms with E-state index in [1.54, 1.807) is 13.8 Å². The summed E-state index contributed by atoms with van der Waals surface area (Å²) in [5.41, 5.74) is -0.0126. The molecule has 0 aliphatic carbocycles. The SMILES string of the molecule is CC(C)c1nc(=O)n(C)cc1C(=O)O. The van der Waals surface area contributed by atoms with Gasteiger partial charge in [0.05, 0.1) is 11.3 Å². The zero-order chi connectivity index (χ0) is 10.9. The van der Waals surface area contributed by atoms with Gasteiger partial charge in [0.1, 0.15) is 0 Å². The van der Waals surface area contributed by atoms with E-state index < -0.39 is 11.7 Å². The second-order valence-corrected chi connectivity index (χ2v) is 3.39. The summed E-state index contributed by atoms with van der Waals surface area (Å²) >= 11 is 0. The predicted octanol–water partition coefficient (Wildman–Crippen LogP) is 0.602. The van der Waals surface area contributed by atoms with Crippen LogP contribution in [0.2, 0.25) is 0 Å². The minimum absolute atomic E-state index is 0.0741. The van der Waals surface area contributed by atoms with Crippen molar-refractivity contribution in [2.45, 2.75) is 19.8 Å². The maximum atomic E-state index is 11.2. The molecule has 0 aromatic carbocycles. The highest BCUT2D eigenvalue weighted by Crippen LogP contribution is 2.14. The van der Waals surface area contributed by atoms with Gasteiger partial charge in [-0.2, -0.15) is 4.98 Å². The summed E-state index contributed by atoms with van der Waals surface area (Å²) in [6.07, 6.45) is 1.30. The van der Waals surface area contributed by atoms with Crippen LogP contribution in [0.15, 0.2) is 11.0 Å². The molecule has 0 aliphatic heterocycles. The number of carbonyl (C=O) groups is 1. The van der Waals surface area contributed by atoms with Gasteiger partial charge in [-0.3, -0.25) is 0 Å². The van der Waals surface area contributed by atoms with Gasteiger partial charge in [0.2, 0.25) is 0 Å². The summed E-state index contributed by atoms with van der Waals surface area (Å²) in [4.78, 5) is 25.7. The van der Waals surface area contributed by atoms with Crippen molar-refractivity contribution in [3.8, 4) is 0 Å². The van der Waals surface area contributed by atoms with Crippen LogP contribution in [0, 0.1) is 0 Å². The second-order valence-electron chi connectivity index (χ2n) is 3.39. The van der Waals surface area contributed by atoms with Crippen molar-refractivity contribution in [2.75, 3.05) is 0 Å². The fourth-order valence-corrected chi connectivity index (χ4v) is 1.16. The zero-order valence-electron chi connectivity index (χ0n) is 8.31. The summed E-state index contributed by atoms with van der Waals surface area (Å²) in [5, 5.41) is 8.87. The maximum absolute atomic E-state index is 11.2. The standard InChI is InChI=1S/C9H12N2O3/c1-5(2)7-6(8(12)13)4-11(3)9(14)10-7/h4-5H,1-3H3,(H,12,13). The molecule has 0 unspecified atom stereocenters. The average molecular weight is 196 g/mol. The van der Waals surface area contributed by atoms with E-state index in [2.05, 4.69) is 4.98 Å². The van der Waals surface area contributed by atoms with Gasteiger partial charge in [0.25, 0.3) is 0 Å². The molecule has 0 fully saturated rings. The Morgan fingerprint density at radius 1 is 1.57 bits per heavy atom. The molecule has 0 amide bonds. The number of aromatic carboxylic acids is 1. The molecule has 0 aliphatic rings. The van der Waals surface area contributed by atoms with E-state index in [1.165, 1.54) is 13.2 Å². The highest BCUT2D eigenvalue weighted by atomic mass is 16.4. The number of aromatic nitrogens is 2.